The van der Waals surface area contributed by atoms with E-state index in [0.717, 1.165) is 22.2 Å². The molecule has 0 atom stereocenters. The Balaban J connectivity index is 2.39. The number of nitrogens with zero attached hydrogens (tertiary/aromatic N) is 2. The summed E-state index contributed by atoms with van der Waals surface area (Å²) >= 11 is 0. The SMILES string of the molecule is Cc1c(CNS(=O)(=O)N(C)C)c2ccccc2n1C. The molecule has 0 spiro atoms. The van der Waals surface area contributed by atoms with Crippen molar-refractivity contribution < 1.29 is 8.42 Å². The maximum atomic E-state index is 11.8. The van der Waals surface area contributed by atoms with E-state index in [2.05, 4.69) is 9.29 Å². The molecule has 2 rings (SSSR count). The van der Waals surface area contributed by atoms with Crippen LogP contribution in [-0.2, 0) is 23.8 Å². The lowest BCUT2D eigenvalue weighted by Gasteiger charge is -2.12. The Morgan fingerprint density at radius 1 is 1.26 bits per heavy atom. The fourth-order valence-corrected chi connectivity index (χ4v) is 2.70. The molecule has 0 aliphatic heterocycles. The maximum absolute atomic E-state index is 11.8. The highest BCUT2D eigenvalue weighted by Gasteiger charge is 2.16. The average molecular weight is 281 g/mol. The number of benzene rings is 1. The van der Waals surface area contributed by atoms with Crippen molar-refractivity contribution in [3.8, 4) is 0 Å². The van der Waals surface area contributed by atoms with Crippen LogP contribution in [0.1, 0.15) is 11.3 Å². The van der Waals surface area contributed by atoms with E-state index < -0.39 is 10.2 Å². The molecule has 1 aromatic carbocycles. The summed E-state index contributed by atoms with van der Waals surface area (Å²) in [7, 11) is 1.61. The molecule has 6 heteroatoms. The van der Waals surface area contributed by atoms with E-state index in [1.54, 1.807) is 0 Å². The first-order chi connectivity index (χ1) is 8.84. The monoisotopic (exact) mass is 281 g/mol. The smallest absolute Gasteiger partial charge is 0.279 e. The van der Waals surface area contributed by atoms with Crippen LogP contribution in [0.25, 0.3) is 10.9 Å². The van der Waals surface area contributed by atoms with Crippen molar-refractivity contribution in [3.05, 3.63) is 35.5 Å². The molecule has 19 heavy (non-hydrogen) atoms. The van der Waals surface area contributed by atoms with Gasteiger partial charge in [0.15, 0.2) is 0 Å². The largest absolute Gasteiger partial charge is 0.348 e. The Kier molecular flexibility index (Phi) is 3.66. The number of aryl methyl sites for hydroxylation is 1. The summed E-state index contributed by atoms with van der Waals surface area (Å²) < 4.78 is 29.4. The Morgan fingerprint density at radius 3 is 2.53 bits per heavy atom. The predicted molar refractivity (Wildman–Crippen MR) is 77.1 cm³/mol. The summed E-state index contributed by atoms with van der Waals surface area (Å²) in [6, 6.07) is 8.00. The lowest BCUT2D eigenvalue weighted by molar-refractivity contribution is 0.505. The van der Waals surface area contributed by atoms with Crippen molar-refractivity contribution >= 4 is 21.1 Å². The summed E-state index contributed by atoms with van der Waals surface area (Å²) in [5.74, 6) is 0. The molecule has 104 valence electrons. The predicted octanol–water partition coefficient (Wildman–Crippen LogP) is 1.38. The van der Waals surface area contributed by atoms with Gasteiger partial charge in [-0.2, -0.15) is 17.4 Å². The summed E-state index contributed by atoms with van der Waals surface area (Å²) in [5, 5.41) is 1.09. The minimum atomic E-state index is -3.40. The van der Waals surface area contributed by atoms with Gasteiger partial charge in [0, 0.05) is 44.3 Å². The van der Waals surface area contributed by atoms with Gasteiger partial charge in [0.05, 0.1) is 0 Å². The molecule has 2 aromatic rings. The molecule has 1 heterocycles. The third-order valence-corrected chi connectivity index (χ3v) is 4.91. The molecule has 0 unspecified atom stereocenters. The van der Waals surface area contributed by atoms with Gasteiger partial charge in [0.1, 0.15) is 0 Å². The van der Waals surface area contributed by atoms with Gasteiger partial charge < -0.3 is 4.57 Å². The third-order valence-electron chi connectivity index (χ3n) is 3.44. The Bertz CT molecular complexity index is 702. The van der Waals surface area contributed by atoms with Crippen molar-refractivity contribution in [2.24, 2.45) is 7.05 Å². The second-order valence-corrected chi connectivity index (χ2v) is 6.72. The molecule has 0 saturated heterocycles. The number of hydrogen-bond acceptors (Lipinski definition) is 2. The van der Waals surface area contributed by atoms with Crippen LogP contribution in [0.3, 0.4) is 0 Å². The normalized spacial score (nSPS) is 12.5. The summed E-state index contributed by atoms with van der Waals surface area (Å²) in [4.78, 5) is 0. The van der Waals surface area contributed by atoms with Crippen LogP contribution in [0.4, 0.5) is 0 Å². The van der Waals surface area contributed by atoms with Gasteiger partial charge in [0.25, 0.3) is 10.2 Å². The molecule has 0 bridgehead atoms. The lowest BCUT2D eigenvalue weighted by Crippen LogP contribution is -2.35. The van der Waals surface area contributed by atoms with Gasteiger partial charge in [-0.15, -0.1) is 0 Å². The van der Waals surface area contributed by atoms with Crippen LogP contribution in [0, 0.1) is 6.92 Å². The highest BCUT2D eigenvalue weighted by atomic mass is 32.2. The molecular weight excluding hydrogens is 262 g/mol. The third kappa shape index (κ3) is 2.51. The van der Waals surface area contributed by atoms with Crippen molar-refractivity contribution in [2.45, 2.75) is 13.5 Å². The number of rotatable bonds is 4. The Morgan fingerprint density at radius 2 is 1.89 bits per heavy atom. The topological polar surface area (TPSA) is 54.3 Å². The first kappa shape index (κ1) is 14.0. The highest BCUT2D eigenvalue weighted by molar-refractivity contribution is 7.87. The zero-order chi connectivity index (χ0) is 14.2. The molecule has 1 aromatic heterocycles. The van der Waals surface area contributed by atoms with Gasteiger partial charge in [0.2, 0.25) is 0 Å². The number of para-hydroxylation sites is 1. The maximum Gasteiger partial charge on any atom is 0.279 e. The molecule has 0 saturated carbocycles. The summed E-state index contributed by atoms with van der Waals surface area (Å²) in [5.41, 5.74) is 3.20. The van der Waals surface area contributed by atoms with Crippen molar-refractivity contribution in [1.29, 1.82) is 0 Å². The van der Waals surface area contributed by atoms with Gasteiger partial charge in [-0.1, -0.05) is 18.2 Å². The van der Waals surface area contributed by atoms with E-state index in [-0.39, 0.29) is 0 Å². The molecule has 0 aliphatic rings. The van der Waals surface area contributed by atoms with E-state index >= 15 is 0 Å². The number of hydrogen-bond donors (Lipinski definition) is 1. The summed E-state index contributed by atoms with van der Waals surface area (Å²) in [6.45, 7) is 2.30. The second-order valence-electron chi connectivity index (χ2n) is 4.75. The molecule has 5 nitrogen and oxygen atoms in total. The van der Waals surface area contributed by atoms with Crippen molar-refractivity contribution in [2.75, 3.05) is 14.1 Å². The molecule has 0 radical (unpaired) electrons. The molecule has 0 amide bonds. The van der Waals surface area contributed by atoms with E-state index in [9.17, 15) is 8.42 Å². The van der Waals surface area contributed by atoms with Crippen molar-refractivity contribution in [1.82, 2.24) is 13.6 Å². The number of nitrogens with one attached hydrogen (secondary N) is 1. The van der Waals surface area contributed by atoms with Crippen LogP contribution >= 0.6 is 0 Å². The van der Waals surface area contributed by atoms with Crippen LogP contribution in [0.2, 0.25) is 0 Å². The molecule has 1 N–H and O–H groups in total. The highest BCUT2D eigenvalue weighted by Crippen LogP contribution is 2.24. The first-order valence-electron chi connectivity index (χ1n) is 6.04. The Hall–Kier alpha value is -1.37. The summed E-state index contributed by atoms with van der Waals surface area (Å²) in [6.07, 6.45) is 0. The van der Waals surface area contributed by atoms with Crippen LogP contribution < -0.4 is 4.72 Å². The fourth-order valence-electron chi connectivity index (χ4n) is 2.11. The first-order valence-corrected chi connectivity index (χ1v) is 7.48. The quantitative estimate of drug-likeness (QED) is 0.920. The molecule has 0 fully saturated rings. The minimum Gasteiger partial charge on any atom is -0.348 e. The average Bonchev–Trinajstić information content (AvgIpc) is 2.60. The van der Waals surface area contributed by atoms with Gasteiger partial charge in [-0.25, -0.2) is 0 Å². The zero-order valence-electron chi connectivity index (χ0n) is 11.6. The van der Waals surface area contributed by atoms with E-state index in [0.29, 0.717) is 6.54 Å². The van der Waals surface area contributed by atoms with E-state index in [1.165, 1.54) is 18.4 Å². The lowest BCUT2D eigenvalue weighted by atomic mass is 10.1. The fraction of sp³-hybridized carbons (Fsp3) is 0.385. The standard InChI is InChI=1S/C13H19N3O2S/c1-10-12(9-14-19(17,18)15(2)3)11-7-5-6-8-13(11)16(10)4/h5-8,14H,9H2,1-4H3. The minimum absolute atomic E-state index is 0.299. The van der Waals surface area contributed by atoms with Crippen LogP contribution in [0.5, 0.6) is 0 Å². The zero-order valence-corrected chi connectivity index (χ0v) is 12.5. The van der Waals surface area contributed by atoms with Crippen LogP contribution in [0.15, 0.2) is 24.3 Å². The second kappa shape index (κ2) is 4.96. The number of fused-ring (bicyclic) bond motifs is 1. The van der Waals surface area contributed by atoms with Gasteiger partial charge in [-0.3, -0.25) is 0 Å². The number of aromatic nitrogens is 1. The van der Waals surface area contributed by atoms with Gasteiger partial charge in [-0.05, 0) is 18.6 Å². The Labute approximate surface area is 114 Å². The molecular formula is C13H19N3O2S. The van der Waals surface area contributed by atoms with Gasteiger partial charge >= 0.3 is 0 Å². The molecule has 0 aliphatic carbocycles. The van der Waals surface area contributed by atoms with Crippen molar-refractivity contribution in [3.63, 3.8) is 0 Å². The van der Waals surface area contributed by atoms with Crippen LogP contribution in [-0.4, -0.2) is 31.4 Å². The van der Waals surface area contributed by atoms with E-state index in [4.69, 9.17) is 0 Å². The van der Waals surface area contributed by atoms with E-state index in [1.807, 2.05) is 38.2 Å².